The van der Waals surface area contributed by atoms with Gasteiger partial charge in [0.25, 0.3) is 0 Å². The summed E-state index contributed by atoms with van der Waals surface area (Å²) < 4.78 is 5.41. The Hall–Kier alpha value is -1.63. The highest BCUT2D eigenvalue weighted by atomic mass is 16.5. The summed E-state index contributed by atoms with van der Waals surface area (Å²) in [7, 11) is 0. The van der Waals surface area contributed by atoms with Gasteiger partial charge < -0.3 is 20.1 Å². The fraction of sp³-hybridized carbons (Fsp3) is 0.833. The Morgan fingerprint density at radius 1 is 1.28 bits per heavy atom. The third-order valence-electron chi connectivity index (χ3n) is 5.55. The van der Waals surface area contributed by atoms with Gasteiger partial charge in [-0.15, -0.1) is 0 Å². The molecule has 1 aromatic heterocycles. The first kappa shape index (κ1) is 16.8. The van der Waals surface area contributed by atoms with E-state index in [0.29, 0.717) is 17.7 Å². The first-order chi connectivity index (χ1) is 12.1. The van der Waals surface area contributed by atoms with Gasteiger partial charge in [0.15, 0.2) is 5.82 Å². The van der Waals surface area contributed by atoms with Crippen molar-refractivity contribution in [3.05, 3.63) is 11.7 Å². The van der Waals surface area contributed by atoms with Crippen LogP contribution in [0.25, 0.3) is 0 Å². The average molecular weight is 347 g/mol. The van der Waals surface area contributed by atoms with E-state index in [1.165, 1.54) is 25.8 Å². The van der Waals surface area contributed by atoms with Crippen molar-refractivity contribution in [3.8, 4) is 0 Å². The number of hydrogen-bond donors (Lipinski definition) is 2. The maximum absolute atomic E-state index is 12.3. The lowest BCUT2D eigenvalue weighted by molar-refractivity contribution is 0.222. The number of carbonyl (C=O) groups is 1. The van der Waals surface area contributed by atoms with Gasteiger partial charge in [0, 0.05) is 25.0 Å². The Morgan fingerprint density at radius 2 is 2.08 bits per heavy atom. The number of rotatable bonds is 7. The van der Waals surface area contributed by atoms with Crippen molar-refractivity contribution in [1.29, 1.82) is 0 Å². The van der Waals surface area contributed by atoms with E-state index in [1.807, 2.05) is 0 Å². The topological polar surface area (TPSA) is 83.3 Å². The zero-order valence-corrected chi connectivity index (χ0v) is 15.2. The zero-order chi connectivity index (χ0) is 17.4. The van der Waals surface area contributed by atoms with E-state index < -0.39 is 0 Å². The van der Waals surface area contributed by atoms with E-state index in [2.05, 4.69) is 39.5 Å². The number of likely N-dealkylation sites (tertiary alicyclic amines) is 1. The van der Waals surface area contributed by atoms with Crippen LogP contribution in [0.2, 0.25) is 0 Å². The maximum atomic E-state index is 12.3. The van der Waals surface area contributed by atoms with Crippen LogP contribution in [0.4, 0.5) is 4.79 Å². The standard InChI is InChI=1S/C18H29N5O2/c1-11(2)15(17-21-16(22-25-17)13-3-4-13)20-18(24)19-9-12-7-8-23(10-12)14-5-6-14/h11-15H,3-10H2,1-2H3,(H2,19,20,24). The minimum atomic E-state index is -0.244. The summed E-state index contributed by atoms with van der Waals surface area (Å²) in [4.78, 5) is 19.4. The second-order valence-corrected chi connectivity index (χ2v) is 8.22. The predicted octanol–water partition coefficient (Wildman–Crippen LogP) is 2.43. The molecule has 3 fully saturated rings. The summed E-state index contributed by atoms with van der Waals surface area (Å²) in [5.74, 6) is 2.52. The van der Waals surface area contributed by atoms with E-state index in [9.17, 15) is 4.79 Å². The number of carbonyl (C=O) groups excluding carboxylic acids is 1. The molecule has 25 heavy (non-hydrogen) atoms. The van der Waals surface area contributed by atoms with Crippen molar-refractivity contribution in [2.45, 2.75) is 64.0 Å². The molecule has 0 aromatic carbocycles. The number of aromatic nitrogens is 2. The van der Waals surface area contributed by atoms with Crippen LogP contribution in [0.5, 0.6) is 0 Å². The van der Waals surface area contributed by atoms with Crippen LogP contribution in [0, 0.1) is 11.8 Å². The van der Waals surface area contributed by atoms with Gasteiger partial charge in [-0.3, -0.25) is 0 Å². The predicted molar refractivity (Wildman–Crippen MR) is 93.1 cm³/mol. The molecule has 7 heteroatoms. The second kappa shape index (κ2) is 6.94. The molecular formula is C18H29N5O2. The third-order valence-corrected chi connectivity index (χ3v) is 5.55. The van der Waals surface area contributed by atoms with Gasteiger partial charge in [-0.2, -0.15) is 4.98 Å². The minimum absolute atomic E-state index is 0.144. The molecule has 1 aromatic rings. The van der Waals surface area contributed by atoms with Crippen LogP contribution in [-0.2, 0) is 0 Å². The summed E-state index contributed by atoms with van der Waals surface area (Å²) >= 11 is 0. The maximum Gasteiger partial charge on any atom is 0.315 e. The first-order valence-electron chi connectivity index (χ1n) is 9.72. The molecule has 2 N–H and O–H groups in total. The fourth-order valence-corrected chi connectivity index (χ4v) is 3.62. The molecule has 2 unspecified atom stereocenters. The number of hydrogen-bond acceptors (Lipinski definition) is 5. The Kier molecular flexibility index (Phi) is 4.67. The lowest BCUT2D eigenvalue weighted by Crippen LogP contribution is -2.42. The van der Waals surface area contributed by atoms with Crippen LogP contribution >= 0.6 is 0 Å². The summed E-state index contributed by atoms with van der Waals surface area (Å²) in [5.41, 5.74) is 0. The quantitative estimate of drug-likeness (QED) is 0.791. The molecule has 0 radical (unpaired) electrons. The molecule has 3 aliphatic rings. The molecule has 4 rings (SSSR count). The molecule has 7 nitrogen and oxygen atoms in total. The van der Waals surface area contributed by atoms with Crippen LogP contribution < -0.4 is 10.6 Å². The van der Waals surface area contributed by atoms with Crippen molar-refractivity contribution in [1.82, 2.24) is 25.7 Å². The normalized spacial score (nSPS) is 25.3. The Balaban J connectivity index is 1.26. The van der Waals surface area contributed by atoms with Crippen molar-refractivity contribution in [2.75, 3.05) is 19.6 Å². The van der Waals surface area contributed by atoms with Crippen molar-refractivity contribution >= 4 is 6.03 Å². The van der Waals surface area contributed by atoms with Gasteiger partial charge in [-0.25, -0.2) is 4.79 Å². The van der Waals surface area contributed by atoms with Crippen molar-refractivity contribution in [2.24, 2.45) is 11.8 Å². The molecule has 2 heterocycles. The molecule has 0 bridgehead atoms. The largest absolute Gasteiger partial charge is 0.338 e. The first-order valence-corrected chi connectivity index (χ1v) is 9.72. The van der Waals surface area contributed by atoms with E-state index in [4.69, 9.17) is 4.52 Å². The van der Waals surface area contributed by atoms with E-state index >= 15 is 0 Å². The molecular weight excluding hydrogens is 318 g/mol. The minimum Gasteiger partial charge on any atom is -0.338 e. The molecule has 0 spiro atoms. The van der Waals surface area contributed by atoms with Gasteiger partial charge in [0.05, 0.1) is 0 Å². The lowest BCUT2D eigenvalue weighted by Gasteiger charge is -2.20. The number of urea groups is 1. The third kappa shape index (κ3) is 4.14. The highest BCUT2D eigenvalue weighted by Gasteiger charge is 2.35. The van der Waals surface area contributed by atoms with Crippen molar-refractivity contribution < 1.29 is 9.32 Å². The Morgan fingerprint density at radius 3 is 2.76 bits per heavy atom. The van der Waals surface area contributed by atoms with Gasteiger partial charge in [0.1, 0.15) is 6.04 Å². The summed E-state index contributed by atoms with van der Waals surface area (Å²) in [6.07, 6.45) is 6.16. The SMILES string of the molecule is CC(C)C(NC(=O)NCC1CCN(C2CC2)C1)c1nc(C2CC2)no1. The monoisotopic (exact) mass is 347 g/mol. The van der Waals surface area contributed by atoms with E-state index in [1.54, 1.807) is 0 Å². The van der Waals surface area contributed by atoms with Gasteiger partial charge >= 0.3 is 6.03 Å². The van der Waals surface area contributed by atoms with E-state index in [-0.39, 0.29) is 18.0 Å². The molecule has 2 atom stereocenters. The van der Waals surface area contributed by atoms with Crippen LogP contribution in [-0.4, -0.2) is 46.7 Å². The van der Waals surface area contributed by atoms with Crippen LogP contribution in [0.1, 0.15) is 69.6 Å². The molecule has 1 saturated heterocycles. The molecule has 1 aliphatic heterocycles. The number of amides is 2. The number of nitrogens with one attached hydrogen (secondary N) is 2. The van der Waals surface area contributed by atoms with Gasteiger partial charge in [-0.05, 0) is 50.5 Å². The van der Waals surface area contributed by atoms with Gasteiger partial charge in [-0.1, -0.05) is 19.0 Å². The molecule has 2 aliphatic carbocycles. The molecule has 2 saturated carbocycles. The fourth-order valence-electron chi connectivity index (χ4n) is 3.62. The lowest BCUT2D eigenvalue weighted by atomic mass is 10.0. The molecule has 2 amide bonds. The van der Waals surface area contributed by atoms with Crippen LogP contribution in [0.15, 0.2) is 4.52 Å². The van der Waals surface area contributed by atoms with Gasteiger partial charge in [0.2, 0.25) is 5.89 Å². The van der Waals surface area contributed by atoms with E-state index in [0.717, 1.165) is 37.8 Å². The average Bonchev–Trinajstić information content (AvgIpc) is 3.52. The number of nitrogens with zero attached hydrogens (tertiary/aromatic N) is 3. The summed E-state index contributed by atoms with van der Waals surface area (Å²) in [6.45, 7) is 7.13. The second-order valence-electron chi connectivity index (χ2n) is 8.22. The summed E-state index contributed by atoms with van der Waals surface area (Å²) in [5, 5.41) is 10.1. The Labute approximate surface area is 148 Å². The summed E-state index contributed by atoms with van der Waals surface area (Å²) in [6, 6.07) is 0.434. The van der Waals surface area contributed by atoms with Crippen molar-refractivity contribution in [3.63, 3.8) is 0 Å². The molecule has 138 valence electrons. The van der Waals surface area contributed by atoms with Crippen LogP contribution in [0.3, 0.4) is 0 Å². The smallest absolute Gasteiger partial charge is 0.315 e. The zero-order valence-electron chi connectivity index (χ0n) is 15.2. The highest BCUT2D eigenvalue weighted by Crippen LogP contribution is 2.38. The Bertz CT molecular complexity index is 608. The highest BCUT2D eigenvalue weighted by molar-refractivity contribution is 5.74.